The maximum Gasteiger partial charge on any atom is 0.327 e. The fraction of sp³-hybridized carbons (Fsp3) is 0.375. The van der Waals surface area contributed by atoms with E-state index >= 15 is 0 Å². The fourth-order valence-corrected chi connectivity index (χ4v) is 2.44. The summed E-state index contributed by atoms with van der Waals surface area (Å²) in [7, 11) is 0. The monoisotopic (exact) mass is 289 g/mol. The summed E-state index contributed by atoms with van der Waals surface area (Å²) in [6.45, 7) is 6.01. The minimum Gasteiger partial charge on any atom is -0.494 e. The highest BCUT2D eigenvalue weighted by Gasteiger charge is 2.24. The quantitative estimate of drug-likeness (QED) is 0.918. The van der Waals surface area contributed by atoms with Gasteiger partial charge in [-0.1, -0.05) is 13.8 Å². The molecular weight excluding hydrogens is 270 g/mol. The Morgan fingerprint density at radius 3 is 2.62 bits per heavy atom. The van der Waals surface area contributed by atoms with Gasteiger partial charge in [0.1, 0.15) is 11.8 Å². The molecule has 1 heterocycles. The number of rotatable bonds is 5. The minimum atomic E-state index is -1.00. The van der Waals surface area contributed by atoms with Gasteiger partial charge < -0.3 is 14.4 Å². The van der Waals surface area contributed by atoms with Crippen LogP contribution in [0.25, 0.3) is 10.8 Å². The molecule has 5 heteroatoms. The molecule has 0 saturated carbocycles. The lowest BCUT2D eigenvalue weighted by Gasteiger charge is -2.19. The van der Waals surface area contributed by atoms with Crippen molar-refractivity contribution >= 4 is 16.7 Å². The zero-order chi connectivity index (χ0) is 15.6. The molecule has 112 valence electrons. The van der Waals surface area contributed by atoms with Crippen molar-refractivity contribution in [3.05, 3.63) is 40.8 Å². The van der Waals surface area contributed by atoms with Crippen LogP contribution >= 0.6 is 0 Å². The lowest BCUT2D eigenvalue weighted by Crippen LogP contribution is -2.32. The molecule has 5 nitrogen and oxygen atoms in total. The van der Waals surface area contributed by atoms with E-state index in [0.29, 0.717) is 17.7 Å². The van der Waals surface area contributed by atoms with E-state index in [9.17, 15) is 14.7 Å². The van der Waals surface area contributed by atoms with Crippen LogP contribution in [0.15, 0.2) is 35.3 Å². The Balaban J connectivity index is 2.59. The Morgan fingerprint density at radius 2 is 2.05 bits per heavy atom. The number of pyridine rings is 1. The second kappa shape index (κ2) is 5.99. The molecule has 21 heavy (non-hydrogen) atoms. The number of carbonyl (C=O) groups is 1. The maximum absolute atomic E-state index is 12.5. The maximum atomic E-state index is 12.5. The van der Waals surface area contributed by atoms with E-state index in [1.54, 1.807) is 44.3 Å². The van der Waals surface area contributed by atoms with Crippen molar-refractivity contribution in [2.45, 2.75) is 26.8 Å². The van der Waals surface area contributed by atoms with Gasteiger partial charge >= 0.3 is 5.97 Å². The molecule has 0 aliphatic carbocycles. The van der Waals surface area contributed by atoms with Crippen molar-refractivity contribution in [2.24, 2.45) is 5.92 Å². The molecule has 0 fully saturated rings. The number of aliphatic carboxylic acids is 1. The first-order valence-corrected chi connectivity index (χ1v) is 6.96. The third kappa shape index (κ3) is 2.91. The molecule has 1 N–H and O–H groups in total. The standard InChI is InChI=1S/C16H19NO4/c1-4-21-12-5-6-13-11(9-12)7-8-17(15(13)18)14(10(2)3)16(19)20/h5-10,14H,4H2,1-3H3,(H,19,20). The molecule has 0 bridgehead atoms. The Hall–Kier alpha value is -2.30. The van der Waals surface area contributed by atoms with E-state index < -0.39 is 12.0 Å². The van der Waals surface area contributed by atoms with Gasteiger partial charge in [-0.2, -0.15) is 0 Å². The molecule has 2 rings (SSSR count). The summed E-state index contributed by atoms with van der Waals surface area (Å²) in [5, 5.41) is 10.6. The molecule has 0 aliphatic heterocycles. The Bertz CT molecular complexity index is 718. The van der Waals surface area contributed by atoms with Gasteiger partial charge in [-0.05, 0) is 42.5 Å². The number of carboxylic acids is 1. The van der Waals surface area contributed by atoms with Crippen molar-refractivity contribution in [3.63, 3.8) is 0 Å². The molecule has 0 aliphatic rings. The van der Waals surface area contributed by atoms with E-state index in [1.165, 1.54) is 4.57 Å². The Morgan fingerprint density at radius 1 is 1.33 bits per heavy atom. The van der Waals surface area contributed by atoms with Gasteiger partial charge in [0.2, 0.25) is 0 Å². The summed E-state index contributed by atoms with van der Waals surface area (Å²) in [5.74, 6) is -0.487. The summed E-state index contributed by atoms with van der Waals surface area (Å²) in [5.41, 5.74) is -0.295. The molecule has 1 unspecified atom stereocenters. The number of fused-ring (bicyclic) bond motifs is 1. The van der Waals surface area contributed by atoms with Gasteiger partial charge in [0.05, 0.1) is 6.61 Å². The molecular formula is C16H19NO4. The molecule has 1 aromatic carbocycles. The normalized spacial score (nSPS) is 12.6. The number of aromatic nitrogens is 1. The van der Waals surface area contributed by atoms with E-state index in [-0.39, 0.29) is 11.5 Å². The smallest absolute Gasteiger partial charge is 0.327 e. The molecule has 1 aromatic heterocycles. The van der Waals surface area contributed by atoms with Gasteiger partial charge in [0, 0.05) is 11.6 Å². The lowest BCUT2D eigenvalue weighted by atomic mass is 10.0. The first-order chi connectivity index (χ1) is 9.95. The highest BCUT2D eigenvalue weighted by Crippen LogP contribution is 2.21. The molecule has 0 saturated heterocycles. The van der Waals surface area contributed by atoms with Crippen LogP contribution < -0.4 is 10.3 Å². The third-order valence-corrected chi connectivity index (χ3v) is 3.40. The van der Waals surface area contributed by atoms with Crippen LogP contribution in [0, 0.1) is 5.92 Å². The number of carboxylic acid groups (broad SMARTS) is 1. The number of nitrogens with zero attached hydrogens (tertiary/aromatic N) is 1. The van der Waals surface area contributed by atoms with Crippen LogP contribution in [0.4, 0.5) is 0 Å². The van der Waals surface area contributed by atoms with Crippen LogP contribution in [-0.2, 0) is 4.79 Å². The number of benzene rings is 1. The van der Waals surface area contributed by atoms with Gasteiger partial charge in [-0.3, -0.25) is 4.79 Å². The van der Waals surface area contributed by atoms with Gasteiger partial charge in [-0.15, -0.1) is 0 Å². The molecule has 0 amide bonds. The first-order valence-electron chi connectivity index (χ1n) is 6.96. The largest absolute Gasteiger partial charge is 0.494 e. The number of hydrogen-bond acceptors (Lipinski definition) is 3. The Labute approximate surface area is 122 Å². The zero-order valence-electron chi connectivity index (χ0n) is 12.4. The predicted octanol–water partition coefficient (Wildman–Crippen LogP) is 2.68. The fourth-order valence-electron chi connectivity index (χ4n) is 2.44. The highest BCUT2D eigenvalue weighted by atomic mass is 16.5. The van der Waals surface area contributed by atoms with Gasteiger partial charge in [0.15, 0.2) is 0 Å². The van der Waals surface area contributed by atoms with Crippen LogP contribution in [0.3, 0.4) is 0 Å². The average molecular weight is 289 g/mol. The van der Waals surface area contributed by atoms with Crippen molar-refractivity contribution in [3.8, 4) is 5.75 Å². The van der Waals surface area contributed by atoms with Crippen LogP contribution in [0.1, 0.15) is 26.8 Å². The SMILES string of the molecule is CCOc1ccc2c(=O)n(C(C(=O)O)C(C)C)ccc2c1. The average Bonchev–Trinajstić information content (AvgIpc) is 2.41. The van der Waals surface area contributed by atoms with Crippen LogP contribution in [0.5, 0.6) is 5.75 Å². The van der Waals surface area contributed by atoms with Gasteiger partial charge in [-0.25, -0.2) is 4.79 Å². The lowest BCUT2D eigenvalue weighted by molar-refractivity contribution is -0.142. The summed E-state index contributed by atoms with van der Waals surface area (Å²) in [4.78, 5) is 23.9. The molecule has 1 atom stereocenters. The summed E-state index contributed by atoms with van der Waals surface area (Å²) in [6.07, 6.45) is 1.54. The molecule has 0 radical (unpaired) electrons. The summed E-state index contributed by atoms with van der Waals surface area (Å²) < 4.78 is 6.69. The second-order valence-electron chi connectivity index (χ2n) is 5.24. The molecule has 0 spiro atoms. The van der Waals surface area contributed by atoms with Crippen molar-refractivity contribution < 1.29 is 14.6 Å². The topological polar surface area (TPSA) is 68.5 Å². The number of ether oxygens (including phenoxy) is 1. The van der Waals surface area contributed by atoms with E-state index in [2.05, 4.69) is 0 Å². The summed E-state index contributed by atoms with van der Waals surface area (Å²) in [6, 6.07) is 6.07. The van der Waals surface area contributed by atoms with Crippen LogP contribution in [0.2, 0.25) is 0 Å². The van der Waals surface area contributed by atoms with Gasteiger partial charge in [0.25, 0.3) is 5.56 Å². The van der Waals surface area contributed by atoms with E-state index in [0.717, 1.165) is 5.39 Å². The third-order valence-electron chi connectivity index (χ3n) is 3.40. The van der Waals surface area contributed by atoms with Crippen molar-refractivity contribution in [2.75, 3.05) is 6.61 Å². The van der Waals surface area contributed by atoms with Crippen molar-refractivity contribution in [1.82, 2.24) is 4.57 Å². The van der Waals surface area contributed by atoms with Crippen LogP contribution in [-0.4, -0.2) is 22.2 Å². The number of hydrogen-bond donors (Lipinski definition) is 1. The molecule has 2 aromatic rings. The highest BCUT2D eigenvalue weighted by molar-refractivity contribution is 5.83. The first kappa shape index (κ1) is 15.1. The van der Waals surface area contributed by atoms with E-state index in [1.807, 2.05) is 6.92 Å². The second-order valence-corrected chi connectivity index (χ2v) is 5.24. The minimum absolute atomic E-state index is 0.180. The Kier molecular flexibility index (Phi) is 4.31. The van der Waals surface area contributed by atoms with Crippen molar-refractivity contribution in [1.29, 1.82) is 0 Å². The van der Waals surface area contributed by atoms with E-state index in [4.69, 9.17) is 4.74 Å². The predicted molar refractivity (Wildman–Crippen MR) is 80.9 cm³/mol. The summed E-state index contributed by atoms with van der Waals surface area (Å²) >= 11 is 0. The zero-order valence-corrected chi connectivity index (χ0v) is 12.4.